The van der Waals surface area contributed by atoms with Gasteiger partial charge in [-0.1, -0.05) is 39.0 Å². The zero-order valence-electron chi connectivity index (χ0n) is 12.3. The van der Waals surface area contributed by atoms with Crippen molar-refractivity contribution in [3.05, 3.63) is 29.3 Å². The van der Waals surface area contributed by atoms with Crippen molar-refractivity contribution in [2.24, 2.45) is 5.92 Å². The normalized spacial score (nSPS) is 29.3. The van der Waals surface area contributed by atoms with Crippen molar-refractivity contribution < 1.29 is 8.42 Å². The Hall–Kier alpha value is -0.870. The van der Waals surface area contributed by atoms with E-state index in [9.17, 15) is 8.42 Å². The van der Waals surface area contributed by atoms with Gasteiger partial charge in [-0.15, -0.1) is 0 Å². The minimum atomic E-state index is -3.21. The minimum absolute atomic E-state index is 0.0710. The second-order valence-electron chi connectivity index (χ2n) is 5.90. The molecule has 0 aliphatic carbocycles. The van der Waals surface area contributed by atoms with E-state index in [0.29, 0.717) is 10.9 Å². The molecule has 0 fully saturated rings. The predicted molar refractivity (Wildman–Crippen MR) is 78.0 cm³/mol. The Morgan fingerprint density at radius 1 is 1.21 bits per heavy atom. The average molecular weight is 281 g/mol. The molecule has 3 nitrogen and oxygen atoms in total. The summed E-state index contributed by atoms with van der Waals surface area (Å²) in [6.45, 7) is 9.91. The number of sulfone groups is 1. The molecule has 0 amide bonds. The summed E-state index contributed by atoms with van der Waals surface area (Å²) in [4.78, 5) is 0.541. The molecular weight excluding hydrogens is 258 g/mol. The molecule has 19 heavy (non-hydrogen) atoms. The van der Waals surface area contributed by atoms with Crippen molar-refractivity contribution >= 4 is 9.84 Å². The second kappa shape index (κ2) is 4.91. The van der Waals surface area contributed by atoms with Crippen LogP contribution in [0, 0.1) is 12.8 Å². The van der Waals surface area contributed by atoms with E-state index in [-0.39, 0.29) is 17.2 Å². The second-order valence-corrected chi connectivity index (χ2v) is 8.14. The van der Waals surface area contributed by atoms with Crippen molar-refractivity contribution in [3.8, 4) is 0 Å². The molecule has 0 radical (unpaired) electrons. The highest BCUT2D eigenvalue weighted by molar-refractivity contribution is 7.92. The van der Waals surface area contributed by atoms with Gasteiger partial charge in [0.05, 0.1) is 10.1 Å². The molecule has 0 bridgehead atoms. The summed E-state index contributed by atoms with van der Waals surface area (Å²) < 4.78 is 25.3. The highest BCUT2D eigenvalue weighted by Crippen LogP contribution is 2.41. The van der Waals surface area contributed by atoms with E-state index in [2.05, 4.69) is 19.2 Å². The maximum Gasteiger partial charge on any atom is 0.181 e. The molecule has 1 heterocycles. The van der Waals surface area contributed by atoms with Crippen molar-refractivity contribution in [2.75, 3.05) is 0 Å². The van der Waals surface area contributed by atoms with Crippen LogP contribution in [-0.4, -0.2) is 19.7 Å². The summed E-state index contributed by atoms with van der Waals surface area (Å²) in [5.74, 6) is 0.0710. The molecule has 106 valence electrons. The molecule has 0 aromatic heterocycles. The molecule has 2 rings (SSSR count). The van der Waals surface area contributed by atoms with Crippen LogP contribution in [-0.2, 0) is 9.84 Å². The lowest BCUT2D eigenvalue weighted by molar-refractivity contribution is 0.336. The summed E-state index contributed by atoms with van der Waals surface area (Å²) in [6, 6.07) is 6.21. The first kappa shape index (κ1) is 14.5. The number of fused-ring (bicyclic) bond motifs is 1. The molecule has 1 aromatic rings. The zero-order valence-corrected chi connectivity index (χ0v) is 13.1. The molecule has 0 spiro atoms. The maximum absolute atomic E-state index is 12.6. The van der Waals surface area contributed by atoms with E-state index < -0.39 is 9.84 Å². The summed E-state index contributed by atoms with van der Waals surface area (Å²) >= 11 is 0. The lowest BCUT2D eigenvalue weighted by Gasteiger charge is -2.38. The van der Waals surface area contributed by atoms with E-state index in [4.69, 9.17) is 0 Å². The van der Waals surface area contributed by atoms with Gasteiger partial charge in [-0.05, 0) is 30.9 Å². The topological polar surface area (TPSA) is 46.2 Å². The SMILES string of the molecule is Cc1cccc2c1S(=O)(=O)C(C)C(C)C2NC(C)C. The number of rotatable bonds is 2. The number of aryl methyl sites for hydroxylation is 1. The maximum atomic E-state index is 12.6. The van der Waals surface area contributed by atoms with Gasteiger partial charge < -0.3 is 5.32 Å². The lowest BCUT2D eigenvalue weighted by atomic mass is 9.90. The van der Waals surface area contributed by atoms with Gasteiger partial charge in [-0.2, -0.15) is 0 Å². The largest absolute Gasteiger partial charge is 0.307 e. The first-order valence-corrected chi connectivity index (χ1v) is 8.41. The number of nitrogens with one attached hydrogen (secondary N) is 1. The Balaban J connectivity index is 2.66. The Labute approximate surface area is 116 Å². The van der Waals surface area contributed by atoms with E-state index in [1.165, 1.54) is 0 Å². The van der Waals surface area contributed by atoms with Gasteiger partial charge in [-0.25, -0.2) is 8.42 Å². The highest BCUT2D eigenvalue weighted by Gasteiger charge is 2.42. The van der Waals surface area contributed by atoms with Crippen LogP contribution < -0.4 is 5.32 Å². The molecule has 0 saturated carbocycles. The van der Waals surface area contributed by atoms with E-state index >= 15 is 0 Å². The summed E-state index contributed by atoms with van der Waals surface area (Å²) in [7, 11) is -3.21. The Kier molecular flexibility index (Phi) is 3.76. The van der Waals surface area contributed by atoms with Crippen LogP contribution in [0.5, 0.6) is 0 Å². The standard InChI is InChI=1S/C15H23NO2S/c1-9(2)16-14-11(4)12(5)19(17,18)15-10(3)7-6-8-13(14)15/h6-9,11-12,14,16H,1-5H3. The third-order valence-corrected chi connectivity index (χ3v) is 6.67. The molecule has 3 unspecified atom stereocenters. The van der Waals surface area contributed by atoms with Crippen molar-refractivity contribution in [1.82, 2.24) is 5.32 Å². The molecule has 1 aliphatic rings. The molecule has 4 heteroatoms. The van der Waals surface area contributed by atoms with Gasteiger partial charge >= 0.3 is 0 Å². The molecule has 3 atom stereocenters. The molecule has 0 saturated heterocycles. The van der Waals surface area contributed by atoms with Gasteiger partial charge in [0, 0.05) is 12.1 Å². The van der Waals surface area contributed by atoms with Gasteiger partial charge in [-0.3, -0.25) is 0 Å². The van der Waals surface area contributed by atoms with Crippen molar-refractivity contribution in [3.63, 3.8) is 0 Å². The third-order valence-electron chi connectivity index (χ3n) is 4.13. The number of hydrogen-bond donors (Lipinski definition) is 1. The van der Waals surface area contributed by atoms with Crippen LogP contribution in [0.1, 0.15) is 44.9 Å². The molecule has 1 aliphatic heterocycles. The first-order valence-electron chi connectivity index (χ1n) is 6.86. The van der Waals surface area contributed by atoms with Crippen LogP contribution >= 0.6 is 0 Å². The van der Waals surface area contributed by atoms with Crippen molar-refractivity contribution in [2.45, 2.75) is 56.8 Å². The Morgan fingerprint density at radius 2 is 1.84 bits per heavy atom. The van der Waals surface area contributed by atoms with Gasteiger partial charge in [0.2, 0.25) is 0 Å². The quantitative estimate of drug-likeness (QED) is 0.906. The summed E-state index contributed by atoms with van der Waals surface area (Å²) in [5.41, 5.74) is 1.78. The summed E-state index contributed by atoms with van der Waals surface area (Å²) in [5, 5.41) is 3.17. The number of hydrogen-bond acceptors (Lipinski definition) is 3. The third kappa shape index (κ3) is 2.32. The molecule has 1 aromatic carbocycles. The van der Waals surface area contributed by atoms with Gasteiger partial charge in [0.25, 0.3) is 0 Å². The van der Waals surface area contributed by atoms with Crippen molar-refractivity contribution in [1.29, 1.82) is 0 Å². The van der Waals surface area contributed by atoms with Crippen LogP contribution in [0.3, 0.4) is 0 Å². The Bertz CT molecular complexity index is 578. The van der Waals surface area contributed by atoms with Crippen LogP contribution in [0.4, 0.5) is 0 Å². The molecular formula is C15H23NO2S. The fourth-order valence-corrected chi connectivity index (χ4v) is 5.07. The van der Waals surface area contributed by atoms with Crippen LogP contribution in [0.25, 0.3) is 0 Å². The van der Waals surface area contributed by atoms with E-state index in [0.717, 1.165) is 11.1 Å². The van der Waals surface area contributed by atoms with E-state index in [1.54, 1.807) is 0 Å². The highest BCUT2D eigenvalue weighted by atomic mass is 32.2. The Morgan fingerprint density at radius 3 is 2.42 bits per heavy atom. The zero-order chi connectivity index (χ0) is 14.4. The van der Waals surface area contributed by atoms with E-state index in [1.807, 2.05) is 39.0 Å². The van der Waals surface area contributed by atoms with Crippen LogP contribution in [0.2, 0.25) is 0 Å². The number of benzene rings is 1. The monoisotopic (exact) mass is 281 g/mol. The lowest BCUT2D eigenvalue weighted by Crippen LogP contribution is -2.43. The van der Waals surface area contributed by atoms with Crippen LogP contribution in [0.15, 0.2) is 23.1 Å². The minimum Gasteiger partial charge on any atom is -0.307 e. The average Bonchev–Trinajstić information content (AvgIpc) is 2.31. The predicted octanol–water partition coefficient (Wildman–Crippen LogP) is 2.85. The summed E-state index contributed by atoms with van der Waals surface area (Å²) in [6.07, 6.45) is 0. The fourth-order valence-electron chi connectivity index (χ4n) is 2.93. The smallest absolute Gasteiger partial charge is 0.181 e. The van der Waals surface area contributed by atoms with Gasteiger partial charge in [0.1, 0.15) is 0 Å². The fraction of sp³-hybridized carbons (Fsp3) is 0.600. The van der Waals surface area contributed by atoms with Gasteiger partial charge in [0.15, 0.2) is 9.84 Å². The molecule has 1 N–H and O–H groups in total. The first-order chi connectivity index (χ1) is 8.76.